The largest absolute Gasteiger partial charge is 0.309 e. The van der Waals surface area contributed by atoms with Gasteiger partial charge in [-0.05, 0) is 131 Å². The topological polar surface area (TPSA) is 40.6 Å². The number of para-hydroxylation sites is 5. The second-order valence-corrected chi connectivity index (χ2v) is 19.2. The number of hydrogen-bond acceptors (Lipinski definition) is 3. The summed E-state index contributed by atoms with van der Waals surface area (Å²) in [6, 6.07) is 84.0. The van der Waals surface area contributed by atoms with Crippen molar-refractivity contribution in [2.75, 3.05) is 0 Å². The molecule has 0 amide bonds. The Balaban J connectivity index is 0.964. The van der Waals surface area contributed by atoms with Crippen LogP contribution in [0.3, 0.4) is 0 Å². The van der Waals surface area contributed by atoms with Gasteiger partial charge in [-0.15, -0.1) is 11.3 Å². The van der Waals surface area contributed by atoms with Gasteiger partial charge in [-0.1, -0.05) is 121 Å². The van der Waals surface area contributed by atoms with E-state index in [1.165, 1.54) is 59.1 Å². The van der Waals surface area contributed by atoms with Crippen LogP contribution in [0.4, 0.5) is 0 Å². The minimum Gasteiger partial charge on any atom is -0.309 e. The van der Waals surface area contributed by atoms with Gasteiger partial charge in [0.15, 0.2) is 5.82 Å². The summed E-state index contributed by atoms with van der Waals surface area (Å²) in [5.74, 6) is 0.727. The van der Waals surface area contributed by atoms with Crippen LogP contribution in [0, 0.1) is 0 Å². The quantitative estimate of drug-likeness (QED) is 0.167. The summed E-state index contributed by atoms with van der Waals surface area (Å²) in [6.07, 6.45) is 1.99. The van der Waals surface area contributed by atoms with Crippen molar-refractivity contribution < 1.29 is 0 Å². The zero-order valence-electron chi connectivity index (χ0n) is 37.7. The van der Waals surface area contributed by atoms with Gasteiger partial charge in [-0.3, -0.25) is 0 Å². The van der Waals surface area contributed by atoms with Gasteiger partial charge in [-0.25, -0.2) is 9.97 Å². The molecule has 5 nitrogen and oxygen atoms in total. The van der Waals surface area contributed by atoms with Crippen LogP contribution in [0.25, 0.3) is 136 Å². The third kappa shape index (κ3) is 5.90. The van der Waals surface area contributed by atoms with Gasteiger partial charge >= 0.3 is 0 Å². The number of fused-ring (bicyclic) bond motifs is 12. The van der Waals surface area contributed by atoms with Crippen LogP contribution in [-0.2, 0) is 0 Å². The van der Waals surface area contributed by atoms with E-state index in [0.717, 1.165) is 77.3 Å². The zero-order valence-corrected chi connectivity index (χ0v) is 38.5. The van der Waals surface area contributed by atoms with Crippen LogP contribution >= 0.6 is 11.3 Å². The minimum atomic E-state index is 0.727. The Kier molecular flexibility index (Phi) is 8.46. The Morgan fingerprint density at radius 3 is 1.26 bits per heavy atom. The highest BCUT2D eigenvalue weighted by Crippen LogP contribution is 2.42. The van der Waals surface area contributed by atoms with Crippen molar-refractivity contribution in [3.05, 3.63) is 237 Å². The molecule has 0 atom stereocenters. The Morgan fingerprint density at radius 1 is 0.286 bits per heavy atom. The maximum Gasteiger partial charge on any atom is 0.160 e. The summed E-state index contributed by atoms with van der Waals surface area (Å²) in [5.41, 5.74) is 16.0. The van der Waals surface area contributed by atoms with Crippen LogP contribution in [0.2, 0.25) is 0 Å². The highest BCUT2D eigenvalue weighted by molar-refractivity contribution is 7.25. The standard InChI is InChI=1S/C64H39N5S/c1-3-15-45(16-4-1)67-58-25-13-9-21-50(58)52-36-40(27-30-59(52)67)43-33-44(35-47(34-43)69-56-23-11-7-19-48(56)49-20-8-12-24-57(49)69)41-28-31-60-53(37-41)54-38-42(29-32-61(54)68(60)46-17-5-2-6-18-46)63-65-39-55-51-22-10-14-26-62(51)70-64(55)66-63/h1-39H. The number of thiophene rings is 1. The van der Waals surface area contributed by atoms with E-state index in [0.29, 0.717) is 0 Å². The van der Waals surface area contributed by atoms with E-state index in [4.69, 9.17) is 9.97 Å². The molecule has 5 aromatic heterocycles. The van der Waals surface area contributed by atoms with E-state index in [9.17, 15) is 0 Å². The summed E-state index contributed by atoms with van der Waals surface area (Å²) < 4.78 is 8.43. The molecule has 326 valence electrons. The molecule has 5 heterocycles. The Labute approximate surface area is 406 Å². The summed E-state index contributed by atoms with van der Waals surface area (Å²) in [5, 5.41) is 9.54. The molecular formula is C64H39N5S. The molecule has 0 aliphatic heterocycles. The minimum absolute atomic E-state index is 0.727. The predicted octanol–water partition coefficient (Wildman–Crippen LogP) is 17.1. The van der Waals surface area contributed by atoms with Gasteiger partial charge in [-0.2, -0.15) is 0 Å². The van der Waals surface area contributed by atoms with Gasteiger partial charge < -0.3 is 13.7 Å². The van der Waals surface area contributed by atoms with Crippen molar-refractivity contribution in [2.24, 2.45) is 0 Å². The molecule has 70 heavy (non-hydrogen) atoms. The lowest BCUT2D eigenvalue weighted by atomic mass is 9.95. The molecule has 10 aromatic carbocycles. The monoisotopic (exact) mass is 909 g/mol. The molecule has 6 heteroatoms. The second kappa shape index (κ2) is 15.2. The van der Waals surface area contributed by atoms with Crippen LogP contribution < -0.4 is 0 Å². The molecule has 0 spiro atoms. The fraction of sp³-hybridized carbons (Fsp3) is 0. The van der Waals surface area contributed by atoms with Gasteiger partial charge in [0.25, 0.3) is 0 Å². The van der Waals surface area contributed by atoms with E-state index in [1.54, 1.807) is 11.3 Å². The summed E-state index contributed by atoms with van der Waals surface area (Å²) in [7, 11) is 0. The molecule has 15 aromatic rings. The first kappa shape index (κ1) is 38.9. The first-order valence-electron chi connectivity index (χ1n) is 23.7. The van der Waals surface area contributed by atoms with Crippen molar-refractivity contribution in [1.82, 2.24) is 23.7 Å². The maximum atomic E-state index is 5.16. The van der Waals surface area contributed by atoms with Crippen molar-refractivity contribution in [2.45, 2.75) is 0 Å². The molecule has 0 saturated heterocycles. The Bertz CT molecular complexity index is 4540. The number of nitrogens with zero attached hydrogens (tertiary/aromatic N) is 5. The summed E-state index contributed by atoms with van der Waals surface area (Å²) >= 11 is 1.72. The van der Waals surface area contributed by atoms with Crippen LogP contribution in [0.1, 0.15) is 0 Å². The second-order valence-electron chi connectivity index (χ2n) is 18.2. The van der Waals surface area contributed by atoms with Crippen molar-refractivity contribution >= 4 is 97.1 Å². The molecule has 15 rings (SSSR count). The molecule has 0 saturated carbocycles. The van der Waals surface area contributed by atoms with Gasteiger partial charge in [0, 0.05) is 76.6 Å². The lowest BCUT2D eigenvalue weighted by Gasteiger charge is -2.15. The molecule has 0 unspecified atom stereocenters. The average Bonchev–Trinajstić information content (AvgIpc) is 4.17. The summed E-state index contributed by atoms with van der Waals surface area (Å²) in [6.45, 7) is 0. The zero-order chi connectivity index (χ0) is 45.9. The molecular weight excluding hydrogens is 871 g/mol. The van der Waals surface area contributed by atoms with Crippen molar-refractivity contribution in [1.29, 1.82) is 0 Å². The van der Waals surface area contributed by atoms with E-state index < -0.39 is 0 Å². The molecule has 0 aliphatic rings. The van der Waals surface area contributed by atoms with Crippen LogP contribution in [-0.4, -0.2) is 23.7 Å². The highest BCUT2D eigenvalue weighted by Gasteiger charge is 2.20. The van der Waals surface area contributed by atoms with E-state index in [2.05, 4.69) is 244 Å². The first-order valence-corrected chi connectivity index (χ1v) is 24.5. The molecule has 0 fully saturated rings. The van der Waals surface area contributed by atoms with Crippen LogP contribution in [0.5, 0.6) is 0 Å². The number of rotatable bonds is 6. The number of aromatic nitrogens is 5. The number of benzene rings is 10. The van der Waals surface area contributed by atoms with Gasteiger partial charge in [0.2, 0.25) is 0 Å². The average molecular weight is 910 g/mol. The molecule has 0 aliphatic carbocycles. The fourth-order valence-electron chi connectivity index (χ4n) is 11.1. The van der Waals surface area contributed by atoms with E-state index in [1.807, 2.05) is 6.20 Å². The van der Waals surface area contributed by atoms with E-state index >= 15 is 0 Å². The molecule has 0 bridgehead atoms. The predicted molar refractivity (Wildman–Crippen MR) is 294 cm³/mol. The first-order chi connectivity index (χ1) is 34.7. The van der Waals surface area contributed by atoms with Gasteiger partial charge in [0.1, 0.15) is 4.83 Å². The SMILES string of the molecule is c1ccc(-n2c3ccccc3c3cc(-c4cc(-c5ccc6c(c5)c5cc(-c7ncc8c(n7)sc7ccccc78)ccc5n6-c5ccccc5)cc(-n5c6ccccc6c6ccccc65)c4)ccc32)cc1. The molecule has 0 radical (unpaired) electrons. The van der Waals surface area contributed by atoms with Crippen molar-refractivity contribution in [3.8, 4) is 50.7 Å². The Hall–Kier alpha value is -9.10. The lowest BCUT2D eigenvalue weighted by Crippen LogP contribution is -1.96. The third-order valence-corrected chi connectivity index (χ3v) is 15.4. The highest BCUT2D eigenvalue weighted by atomic mass is 32.1. The van der Waals surface area contributed by atoms with Crippen molar-refractivity contribution in [3.63, 3.8) is 0 Å². The number of hydrogen-bond donors (Lipinski definition) is 0. The normalized spacial score (nSPS) is 12.0. The van der Waals surface area contributed by atoms with Crippen LogP contribution in [0.15, 0.2) is 237 Å². The smallest absolute Gasteiger partial charge is 0.160 e. The summed E-state index contributed by atoms with van der Waals surface area (Å²) in [4.78, 5) is 11.1. The Morgan fingerprint density at radius 2 is 0.700 bits per heavy atom. The maximum absolute atomic E-state index is 5.16. The fourth-order valence-corrected chi connectivity index (χ4v) is 12.2. The molecule has 0 N–H and O–H groups in total. The third-order valence-electron chi connectivity index (χ3n) is 14.3. The lowest BCUT2D eigenvalue weighted by molar-refractivity contribution is 1.18. The van der Waals surface area contributed by atoms with Gasteiger partial charge in [0.05, 0.1) is 33.1 Å². The van der Waals surface area contributed by atoms with E-state index in [-0.39, 0.29) is 0 Å².